The number of nitrogens with two attached hydrogens (primary N) is 1. The summed E-state index contributed by atoms with van der Waals surface area (Å²) in [5, 5.41) is 2.42. The predicted octanol–water partition coefficient (Wildman–Crippen LogP) is 1.99. The minimum absolute atomic E-state index is 0.0347. The third-order valence-corrected chi connectivity index (χ3v) is 2.41. The fourth-order valence-corrected chi connectivity index (χ4v) is 1.29. The Bertz CT molecular complexity index is 356. The van der Waals surface area contributed by atoms with Crippen LogP contribution in [0.15, 0.2) is 24.8 Å². The molecule has 2 atom stereocenters. The maximum absolute atomic E-state index is 11.5. The van der Waals surface area contributed by atoms with E-state index in [0.717, 1.165) is 0 Å². The summed E-state index contributed by atoms with van der Waals surface area (Å²) >= 11 is 0. The van der Waals surface area contributed by atoms with Gasteiger partial charge in [-0.05, 0) is 5.41 Å². The molecule has 0 unspecified atom stereocenters. The van der Waals surface area contributed by atoms with Gasteiger partial charge in [0.2, 0.25) is 5.91 Å². The summed E-state index contributed by atoms with van der Waals surface area (Å²) in [6.07, 6.45) is 4.58. The number of ether oxygens (including phenoxy) is 1. The van der Waals surface area contributed by atoms with E-state index in [1.165, 1.54) is 0 Å². The molecule has 0 aliphatic heterocycles. The topological polar surface area (TPSA) is 81.4 Å². The van der Waals surface area contributed by atoms with Gasteiger partial charge < -0.3 is 15.8 Å². The van der Waals surface area contributed by atoms with Gasteiger partial charge in [-0.25, -0.2) is 4.79 Å². The van der Waals surface area contributed by atoms with Crippen LogP contribution >= 0.6 is 0 Å². The summed E-state index contributed by atoms with van der Waals surface area (Å²) in [7, 11) is 0. The van der Waals surface area contributed by atoms with E-state index in [0.29, 0.717) is 0 Å². The standard InChI is InChI=1S/C14H24N2O3/c1-6-10(2)11(12(15)17)16-13(18)19-9-7-8-14(3,4)5/h6-8,10-11H,1,9H2,2-5H3,(H2,15,17)(H,16,18)/t10-,11+/m1/s1. The molecular weight excluding hydrogens is 244 g/mol. The van der Waals surface area contributed by atoms with Gasteiger partial charge in [0.05, 0.1) is 0 Å². The molecule has 19 heavy (non-hydrogen) atoms. The SMILES string of the molecule is C=C[C@@H](C)[C@H](NC(=O)OCC=CC(C)(C)C)C(N)=O. The van der Waals surface area contributed by atoms with Gasteiger partial charge in [0.15, 0.2) is 0 Å². The number of primary amides is 1. The van der Waals surface area contributed by atoms with Crippen LogP contribution in [0.5, 0.6) is 0 Å². The first kappa shape index (κ1) is 17.2. The van der Waals surface area contributed by atoms with Crippen molar-refractivity contribution in [2.24, 2.45) is 17.1 Å². The van der Waals surface area contributed by atoms with Crippen molar-refractivity contribution in [1.82, 2.24) is 5.32 Å². The third kappa shape index (κ3) is 8.02. The molecule has 0 radical (unpaired) electrons. The van der Waals surface area contributed by atoms with Crippen molar-refractivity contribution in [3.63, 3.8) is 0 Å². The molecule has 2 amide bonds. The van der Waals surface area contributed by atoms with E-state index in [9.17, 15) is 9.59 Å². The van der Waals surface area contributed by atoms with Gasteiger partial charge in [0.1, 0.15) is 12.6 Å². The molecule has 108 valence electrons. The second-order valence-electron chi connectivity index (χ2n) is 5.49. The van der Waals surface area contributed by atoms with Crippen molar-refractivity contribution in [2.75, 3.05) is 6.61 Å². The van der Waals surface area contributed by atoms with E-state index in [1.807, 2.05) is 26.8 Å². The zero-order valence-corrected chi connectivity index (χ0v) is 12.1. The monoisotopic (exact) mass is 268 g/mol. The summed E-state index contributed by atoms with van der Waals surface area (Å²) in [5.41, 5.74) is 5.24. The Morgan fingerprint density at radius 3 is 2.42 bits per heavy atom. The first-order valence-corrected chi connectivity index (χ1v) is 6.20. The summed E-state index contributed by atoms with van der Waals surface area (Å²) in [5.74, 6) is -0.871. The van der Waals surface area contributed by atoms with Gasteiger partial charge in [-0.3, -0.25) is 4.79 Å². The first-order valence-electron chi connectivity index (χ1n) is 6.20. The predicted molar refractivity (Wildman–Crippen MR) is 75.4 cm³/mol. The number of amides is 2. The van der Waals surface area contributed by atoms with Crippen molar-refractivity contribution in [3.05, 3.63) is 24.8 Å². The van der Waals surface area contributed by atoms with E-state index in [1.54, 1.807) is 19.1 Å². The molecule has 0 fully saturated rings. The second kappa shape index (κ2) is 7.61. The Hall–Kier alpha value is -1.78. The number of alkyl carbamates (subject to hydrolysis) is 1. The molecule has 0 aromatic carbocycles. The molecular formula is C14H24N2O3. The number of carbonyl (C=O) groups excluding carboxylic acids is 2. The lowest BCUT2D eigenvalue weighted by Gasteiger charge is -2.19. The molecule has 0 aliphatic rings. The summed E-state index contributed by atoms with van der Waals surface area (Å²) in [6, 6.07) is -0.809. The molecule has 0 rings (SSSR count). The van der Waals surface area contributed by atoms with Gasteiger partial charge in [0, 0.05) is 5.92 Å². The van der Waals surface area contributed by atoms with E-state index >= 15 is 0 Å². The van der Waals surface area contributed by atoms with E-state index in [2.05, 4.69) is 11.9 Å². The van der Waals surface area contributed by atoms with Crippen LogP contribution in [0.1, 0.15) is 27.7 Å². The lowest BCUT2D eigenvalue weighted by Crippen LogP contribution is -2.48. The van der Waals surface area contributed by atoms with Crippen LogP contribution in [0.25, 0.3) is 0 Å². The van der Waals surface area contributed by atoms with Crippen LogP contribution in [0.3, 0.4) is 0 Å². The van der Waals surface area contributed by atoms with Gasteiger partial charge in [-0.15, -0.1) is 6.58 Å². The Morgan fingerprint density at radius 1 is 1.42 bits per heavy atom. The van der Waals surface area contributed by atoms with Gasteiger partial charge in [-0.1, -0.05) is 45.9 Å². The van der Waals surface area contributed by atoms with Crippen LogP contribution in [0, 0.1) is 11.3 Å². The van der Waals surface area contributed by atoms with Crippen LogP contribution in [0.4, 0.5) is 4.79 Å². The fraction of sp³-hybridized carbons (Fsp3) is 0.571. The second-order valence-corrected chi connectivity index (χ2v) is 5.49. The van der Waals surface area contributed by atoms with Crippen molar-refractivity contribution in [2.45, 2.75) is 33.7 Å². The zero-order valence-electron chi connectivity index (χ0n) is 12.1. The van der Waals surface area contributed by atoms with Crippen molar-refractivity contribution in [3.8, 4) is 0 Å². The fourth-order valence-electron chi connectivity index (χ4n) is 1.29. The zero-order chi connectivity index (χ0) is 15.1. The minimum atomic E-state index is -0.809. The molecule has 0 bridgehead atoms. The summed E-state index contributed by atoms with van der Waals surface area (Å²) in [6.45, 7) is 11.6. The molecule has 0 saturated carbocycles. The van der Waals surface area contributed by atoms with Crippen LogP contribution in [0.2, 0.25) is 0 Å². The first-order chi connectivity index (χ1) is 8.67. The van der Waals surface area contributed by atoms with Crippen molar-refractivity contribution < 1.29 is 14.3 Å². The Kier molecular flexibility index (Phi) is 6.90. The van der Waals surface area contributed by atoms with Crippen LogP contribution < -0.4 is 11.1 Å². The molecule has 0 aliphatic carbocycles. The van der Waals surface area contributed by atoms with Crippen molar-refractivity contribution >= 4 is 12.0 Å². The molecule has 0 aromatic rings. The lowest BCUT2D eigenvalue weighted by atomic mass is 9.96. The lowest BCUT2D eigenvalue weighted by molar-refractivity contribution is -0.120. The van der Waals surface area contributed by atoms with Gasteiger partial charge in [0.25, 0.3) is 0 Å². The highest BCUT2D eigenvalue weighted by Crippen LogP contribution is 2.14. The van der Waals surface area contributed by atoms with Crippen molar-refractivity contribution in [1.29, 1.82) is 0 Å². The maximum atomic E-state index is 11.5. The molecule has 5 heteroatoms. The minimum Gasteiger partial charge on any atom is -0.445 e. The molecule has 0 saturated heterocycles. The molecule has 5 nitrogen and oxygen atoms in total. The number of carbonyl (C=O) groups is 2. The highest BCUT2D eigenvalue weighted by Gasteiger charge is 2.23. The Morgan fingerprint density at radius 2 is 2.00 bits per heavy atom. The smallest absolute Gasteiger partial charge is 0.408 e. The normalized spacial score (nSPS) is 14.7. The number of hydrogen-bond acceptors (Lipinski definition) is 3. The Labute approximate surface area is 114 Å². The third-order valence-electron chi connectivity index (χ3n) is 2.41. The number of allylic oxidation sites excluding steroid dienone is 1. The Balaban J connectivity index is 4.26. The summed E-state index contributed by atoms with van der Waals surface area (Å²) < 4.78 is 4.93. The molecule has 0 heterocycles. The van der Waals surface area contributed by atoms with Crippen LogP contribution in [-0.4, -0.2) is 24.6 Å². The summed E-state index contributed by atoms with van der Waals surface area (Å²) in [4.78, 5) is 22.7. The highest BCUT2D eigenvalue weighted by molar-refractivity contribution is 5.84. The largest absolute Gasteiger partial charge is 0.445 e. The van der Waals surface area contributed by atoms with Crippen LogP contribution in [-0.2, 0) is 9.53 Å². The highest BCUT2D eigenvalue weighted by atomic mass is 16.5. The average molecular weight is 268 g/mol. The molecule has 0 spiro atoms. The van der Waals surface area contributed by atoms with Gasteiger partial charge >= 0.3 is 6.09 Å². The number of rotatable bonds is 6. The molecule has 0 aromatic heterocycles. The average Bonchev–Trinajstić information content (AvgIpc) is 2.29. The quantitative estimate of drug-likeness (QED) is 0.723. The number of hydrogen-bond donors (Lipinski definition) is 2. The molecule has 3 N–H and O–H groups in total. The van der Waals surface area contributed by atoms with E-state index in [-0.39, 0.29) is 17.9 Å². The number of nitrogens with one attached hydrogen (secondary N) is 1. The van der Waals surface area contributed by atoms with E-state index < -0.39 is 18.0 Å². The van der Waals surface area contributed by atoms with Gasteiger partial charge in [-0.2, -0.15) is 0 Å². The maximum Gasteiger partial charge on any atom is 0.408 e. The van der Waals surface area contributed by atoms with E-state index in [4.69, 9.17) is 10.5 Å².